The van der Waals surface area contributed by atoms with Gasteiger partial charge >= 0.3 is 0 Å². The summed E-state index contributed by atoms with van der Waals surface area (Å²) in [5.41, 5.74) is 2.70. The van der Waals surface area contributed by atoms with Crippen LogP contribution in [0.2, 0.25) is 0 Å². The van der Waals surface area contributed by atoms with Crippen molar-refractivity contribution >= 4 is 5.91 Å². The van der Waals surface area contributed by atoms with Crippen LogP contribution < -0.4 is 0 Å². The third-order valence-corrected chi connectivity index (χ3v) is 3.55. The molecule has 0 aliphatic heterocycles. The number of nitrogens with zero attached hydrogens (tertiary/aromatic N) is 4. The summed E-state index contributed by atoms with van der Waals surface area (Å²) in [6.45, 7) is 2.78. The van der Waals surface area contributed by atoms with E-state index in [0.717, 1.165) is 17.1 Å². The number of hydrogen-bond donors (Lipinski definition) is 0. The average Bonchev–Trinajstić information content (AvgIpc) is 3.17. The third kappa shape index (κ3) is 3.48. The first-order valence-electron chi connectivity index (χ1n) is 7.35. The maximum Gasteiger partial charge on any atom is 0.290 e. The van der Waals surface area contributed by atoms with Crippen molar-refractivity contribution < 1.29 is 9.21 Å². The highest BCUT2D eigenvalue weighted by Gasteiger charge is 2.20. The Morgan fingerprint density at radius 3 is 2.74 bits per heavy atom. The molecule has 0 N–H and O–H groups in total. The summed E-state index contributed by atoms with van der Waals surface area (Å²) in [4.78, 5) is 18.7. The van der Waals surface area contributed by atoms with E-state index in [1.807, 2.05) is 38.2 Å². The zero-order valence-corrected chi connectivity index (χ0v) is 13.1. The molecule has 0 aliphatic rings. The lowest BCUT2D eigenvalue weighted by molar-refractivity contribution is 0.0691. The monoisotopic (exact) mass is 310 g/mol. The summed E-state index contributed by atoms with van der Waals surface area (Å²) in [6, 6.07) is 11.0. The molecule has 3 aromatic heterocycles. The first-order valence-corrected chi connectivity index (χ1v) is 7.35. The van der Waals surface area contributed by atoms with Gasteiger partial charge in [0.25, 0.3) is 5.91 Å². The van der Waals surface area contributed by atoms with Crippen LogP contribution in [0.15, 0.2) is 53.3 Å². The number of aromatic nitrogens is 3. The van der Waals surface area contributed by atoms with E-state index >= 15 is 0 Å². The van der Waals surface area contributed by atoms with E-state index in [2.05, 4.69) is 10.1 Å². The van der Waals surface area contributed by atoms with Crippen molar-refractivity contribution in [3.63, 3.8) is 0 Å². The largest absolute Gasteiger partial charge is 0.459 e. The summed E-state index contributed by atoms with van der Waals surface area (Å²) in [5, 5.41) is 4.33. The predicted molar refractivity (Wildman–Crippen MR) is 84.5 cm³/mol. The number of carbonyl (C=O) groups excluding carboxylic acids is 1. The van der Waals surface area contributed by atoms with Gasteiger partial charge < -0.3 is 9.32 Å². The number of rotatable bonds is 5. The highest BCUT2D eigenvalue weighted by molar-refractivity contribution is 5.91. The van der Waals surface area contributed by atoms with E-state index in [-0.39, 0.29) is 5.91 Å². The summed E-state index contributed by atoms with van der Waals surface area (Å²) in [7, 11) is 1.87. The molecule has 0 unspecified atom stereocenters. The van der Waals surface area contributed by atoms with Crippen molar-refractivity contribution in [2.45, 2.75) is 20.0 Å². The van der Waals surface area contributed by atoms with Crippen molar-refractivity contribution in [2.75, 3.05) is 0 Å². The molecule has 0 fully saturated rings. The zero-order chi connectivity index (χ0) is 16.2. The highest BCUT2D eigenvalue weighted by Crippen LogP contribution is 2.14. The molecule has 0 atom stereocenters. The van der Waals surface area contributed by atoms with E-state index in [4.69, 9.17) is 4.42 Å². The SMILES string of the molecule is Cc1cc(CN(Cc2ccccn2)C(=O)c2ccco2)n(C)n1. The molecule has 0 aliphatic carbocycles. The Labute approximate surface area is 134 Å². The Morgan fingerprint density at radius 1 is 1.26 bits per heavy atom. The van der Waals surface area contributed by atoms with Crippen molar-refractivity contribution in [3.05, 3.63) is 71.7 Å². The first-order chi connectivity index (χ1) is 11.1. The summed E-state index contributed by atoms with van der Waals surface area (Å²) in [6.07, 6.45) is 3.22. The van der Waals surface area contributed by atoms with Crippen molar-refractivity contribution in [1.82, 2.24) is 19.7 Å². The van der Waals surface area contributed by atoms with Crippen molar-refractivity contribution in [3.8, 4) is 0 Å². The fraction of sp³-hybridized carbons (Fsp3) is 0.235. The predicted octanol–water partition coefficient (Wildman–Crippen LogP) is 2.56. The Hall–Kier alpha value is -2.89. The van der Waals surface area contributed by atoms with Crippen LogP contribution in [0, 0.1) is 6.92 Å². The van der Waals surface area contributed by atoms with Gasteiger partial charge in [-0.25, -0.2) is 0 Å². The molecule has 118 valence electrons. The second-order valence-corrected chi connectivity index (χ2v) is 5.36. The summed E-state index contributed by atoms with van der Waals surface area (Å²) in [5.74, 6) is 0.152. The van der Waals surface area contributed by atoms with E-state index in [0.29, 0.717) is 18.8 Å². The zero-order valence-electron chi connectivity index (χ0n) is 13.1. The minimum atomic E-state index is -0.167. The second-order valence-electron chi connectivity index (χ2n) is 5.36. The van der Waals surface area contributed by atoms with E-state index in [1.165, 1.54) is 6.26 Å². The maximum absolute atomic E-state index is 12.7. The molecule has 0 radical (unpaired) electrons. The highest BCUT2D eigenvalue weighted by atomic mass is 16.3. The molecule has 3 heterocycles. The van der Waals surface area contributed by atoms with E-state index in [9.17, 15) is 4.79 Å². The lowest BCUT2D eigenvalue weighted by Crippen LogP contribution is -2.31. The fourth-order valence-electron chi connectivity index (χ4n) is 2.45. The van der Waals surface area contributed by atoms with Gasteiger partial charge in [0.1, 0.15) is 0 Å². The molecule has 0 bridgehead atoms. The number of furan rings is 1. The Morgan fingerprint density at radius 2 is 2.13 bits per heavy atom. The topological polar surface area (TPSA) is 64.2 Å². The van der Waals surface area contributed by atoms with Gasteiger partial charge in [0.05, 0.1) is 36.4 Å². The average molecular weight is 310 g/mol. The molecule has 3 aromatic rings. The number of amides is 1. The van der Waals surface area contributed by atoms with E-state index < -0.39 is 0 Å². The van der Waals surface area contributed by atoms with Crippen LogP contribution in [-0.2, 0) is 20.1 Å². The normalized spacial score (nSPS) is 10.7. The molecular weight excluding hydrogens is 292 g/mol. The lowest BCUT2D eigenvalue weighted by atomic mass is 10.2. The summed E-state index contributed by atoms with van der Waals surface area (Å²) < 4.78 is 7.04. The van der Waals surface area contributed by atoms with Gasteiger partial charge in [-0.15, -0.1) is 0 Å². The van der Waals surface area contributed by atoms with Crippen LogP contribution in [-0.4, -0.2) is 25.6 Å². The third-order valence-electron chi connectivity index (χ3n) is 3.55. The molecular formula is C17H18N4O2. The molecule has 23 heavy (non-hydrogen) atoms. The standard InChI is InChI=1S/C17H18N4O2/c1-13-10-15(20(2)19-13)12-21(11-14-6-3-4-8-18-14)17(22)16-7-5-9-23-16/h3-10H,11-12H2,1-2H3. The molecule has 0 saturated carbocycles. The van der Waals surface area contributed by atoms with Gasteiger partial charge in [0.15, 0.2) is 5.76 Å². The first kappa shape index (κ1) is 15.0. The van der Waals surface area contributed by atoms with E-state index in [1.54, 1.807) is 27.9 Å². The Balaban J connectivity index is 1.86. The van der Waals surface area contributed by atoms with Gasteiger partial charge in [-0.05, 0) is 37.3 Å². The minimum Gasteiger partial charge on any atom is -0.459 e. The van der Waals surface area contributed by atoms with Gasteiger partial charge in [-0.2, -0.15) is 5.10 Å². The Bertz CT molecular complexity index is 778. The van der Waals surface area contributed by atoms with Crippen LogP contribution >= 0.6 is 0 Å². The Kier molecular flexibility index (Phi) is 4.23. The van der Waals surface area contributed by atoms with Crippen LogP contribution in [0.25, 0.3) is 0 Å². The van der Waals surface area contributed by atoms with Crippen molar-refractivity contribution in [2.24, 2.45) is 7.05 Å². The number of carbonyl (C=O) groups is 1. The minimum absolute atomic E-state index is 0.167. The molecule has 0 spiro atoms. The van der Waals surface area contributed by atoms with Gasteiger partial charge in [0, 0.05) is 13.2 Å². The summed E-state index contributed by atoms with van der Waals surface area (Å²) >= 11 is 0. The number of pyridine rings is 1. The van der Waals surface area contributed by atoms with Crippen LogP contribution in [0.3, 0.4) is 0 Å². The second kappa shape index (κ2) is 6.48. The van der Waals surface area contributed by atoms with Gasteiger partial charge in [0.2, 0.25) is 0 Å². The maximum atomic E-state index is 12.7. The lowest BCUT2D eigenvalue weighted by Gasteiger charge is -2.21. The molecule has 1 amide bonds. The molecule has 0 saturated heterocycles. The van der Waals surface area contributed by atoms with Crippen molar-refractivity contribution in [1.29, 1.82) is 0 Å². The molecule has 0 aromatic carbocycles. The van der Waals surface area contributed by atoms with Gasteiger partial charge in [-0.1, -0.05) is 6.07 Å². The van der Waals surface area contributed by atoms with Crippen LogP contribution in [0.5, 0.6) is 0 Å². The van der Waals surface area contributed by atoms with Crippen LogP contribution in [0.1, 0.15) is 27.6 Å². The molecule has 6 nitrogen and oxygen atoms in total. The number of aryl methyl sites for hydroxylation is 2. The van der Waals surface area contributed by atoms with Gasteiger partial charge in [-0.3, -0.25) is 14.5 Å². The molecule has 3 rings (SSSR count). The smallest absolute Gasteiger partial charge is 0.290 e. The number of hydrogen-bond acceptors (Lipinski definition) is 4. The van der Waals surface area contributed by atoms with Crippen LogP contribution in [0.4, 0.5) is 0 Å². The molecule has 6 heteroatoms. The fourth-order valence-corrected chi connectivity index (χ4v) is 2.45. The quantitative estimate of drug-likeness (QED) is 0.726.